The Kier molecular flexibility index (Phi) is 7.53. The molecule has 0 unspecified atom stereocenters. The van der Waals surface area contributed by atoms with E-state index in [9.17, 15) is 0 Å². The molecule has 0 aliphatic carbocycles. The van der Waals surface area contributed by atoms with E-state index in [0.29, 0.717) is 0 Å². The van der Waals surface area contributed by atoms with Crippen molar-refractivity contribution in [2.45, 2.75) is 0 Å². The van der Waals surface area contributed by atoms with Gasteiger partial charge in [0.2, 0.25) is 0 Å². The molecule has 11 rings (SSSR count). The molecule has 2 heterocycles. The molecule has 2 aromatic heterocycles. The lowest BCUT2D eigenvalue weighted by atomic mass is 9.92. The molecular weight excluding hydrogens is 677 g/mol. The van der Waals surface area contributed by atoms with Gasteiger partial charge in [0.25, 0.3) is 0 Å². The van der Waals surface area contributed by atoms with Gasteiger partial charge in [-0.3, -0.25) is 0 Å². The summed E-state index contributed by atoms with van der Waals surface area (Å²) in [6, 6.07) is 79.6. The minimum absolute atomic E-state index is 1.12. The minimum atomic E-state index is 1.12. The van der Waals surface area contributed by atoms with Crippen molar-refractivity contribution in [2.24, 2.45) is 0 Å². The predicted molar refractivity (Wildman–Crippen MR) is 237 cm³/mol. The van der Waals surface area contributed by atoms with Crippen LogP contribution in [-0.2, 0) is 0 Å². The maximum atomic E-state index is 2.44. The van der Waals surface area contributed by atoms with Crippen molar-refractivity contribution in [3.8, 4) is 55.9 Å². The van der Waals surface area contributed by atoms with Crippen molar-refractivity contribution in [1.82, 2.24) is 9.13 Å². The van der Waals surface area contributed by atoms with Crippen LogP contribution in [0.3, 0.4) is 0 Å². The second kappa shape index (κ2) is 13.2. The third-order valence-corrected chi connectivity index (χ3v) is 11.3. The second-order valence-electron chi connectivity index (χ2n) is 14.6. The fourth-order valence-corrected chi connectivity index (χ4v) is 8.67. The van der Waals surface area contributed by atoms with Crippen LogP contribution in [0.5, 0.6) is 0 Å². The van der Waals surface area contributed by atoms with E-state index >= 15 is 0 Å². The van der Waals surface area contributed by atoms with Crippen LogP contribution in [0.15, 0.2) is 218 Å². The van der Waals surface area contributed by atoms with Crippen LogP contribution in [0, 0.1) is 0 Å². The summed E-state index contributed by atoms with van der Waals surface area (Å²) in [5, 5.41) is 5.00. The van der Waals surface area contributed by atoms with Crippen LogP contribution in [0.1, 0.15) is 0 Å². The maximum absolute atomic E-state index is 2.44. The summed E-state index contributed by atoms with van der Waals surface area (Å²) in [6.07, 6.45) is 0. The number of rotatable bonds is 6. The number of para-hydroxylation sites is 4. The molecule has 0 atom stereocenters. The largest absolute Gasteiger partial charge is 0.309 e. The van der Waals surface area contributed by atoms with Gasteiger partial charge in [0, 0.05) is 32.9 Å². The Bertz CT molecular complexity index is 2980. The zero-order valence-corrected chi connectivity index (χ0v) is 30.7. The van der Waals surface area contributed by atoms with E-state index in [1.807, 2.05) is 0 Å². The second-order valence-corrected chi connectivity index (χ2v) is 14.6. The fraction of sp³-hybridized carbons (Fsp3) is 0. The normalized spacial score (nSPS) is 11.6. The smallest absolute Gasteiger partial charge is 0.0541 e. The molecule has 2 heteroatoms. The highest BCUT2D eigenvalue weighted by Gasteiger charge is 2.18. The first-order valence-electron chi connectivity index (χ1n) is 19.3. The monoisotopic (exact) mass is 712 g/mol. The molecular formula is C54H36N2. The highest BCUT2D eigenvalue weighted by molar-refractivity contribution is 6.10. The van der Waals surface area contributed by atoms with Gasteiger partial charge in [-0.05, 0) is 105 Å². The molecule has 0 saturated carbocycles. The van der Waals surface area contributed by atoms with Crippen LogP contribution in [-0.4, -0.2) is 9.13 Å². The molecule has 0 radical (unpaired) electrons. The van der Waals surface area contributed by atoms with Crippen molar-refractivity contribution in [3.05, 3.63) is 218 Å². The molecule has 0 fully saturated rings. The maximum Gasteiger partial charge on any atom is 0.0541 e. The lowest BCUT2D eigenvalue weighted by Gasteiger charge is -2.17. The summed E-state index contributed by atoms with van der Waals surface area (Å²) in [7, 11) is 0. The summed E-state index contributed by atoms with van der Waals surface area (Å²) in [5.74, 6) is 0. The Morgan fingerprint density at radius 2 is 0.464 bits per heavy atom. The van der Waals surface area contributed by atoms with E-state index in [1.165, 1.54) is 77.0 Å². The van der Waals surface area contributed by atoms with Crippen molar-refractivity contribution < 1.29 is 0 Å². The first-order valence-corrected chi connectivity index (χ1v) is 19.3. The summed E-state index contributed by atoms with van der Waals surface area (Å²) in [6.45, 7) is 0. The van der Waals surface area contributed by atoms with E-state index in [4.69, 9.17) is 0 Å². The summed E-state index contributed by atoms with van der Waals surface area (Å²) >= 11 is 0. The average molecular weight is 713 g/mol. The van der Waals surface area contributed by atoms with Crippen LogP contribution in [0.4, 0.5) is 0 Å². The zero-order chi connectivity index (χ0) is 37.0. The lowest BCUT2D eigenvalue weighted by molar-refractivity contribution is 1.13. The van der Waals surface area contributed by atoms with Gasteiger partial charge >= 0.3 is 0 Å². The molecule has 0 aliphatic rings. The zero-order valence-electron chi connectivity index (χ0n) is 30.7. The Hall–Kier alpha value is -7.42. The van der Waals surface area contributed by atoms with E-state index in [1.54, 1.807) is 0 Å². The number of hydrogen-bond acceptors (Lipinski definition) is 0. The van der Waals surface area contributed by atoms with Gasteiger partial charge in [-0.25, -0.2) is 0 Å². The Balaban J connectivity index is 1.19. The Morgan fingerprint density at radius 3 is 0.857 bits per heavy atom. The summed E-state index contributed by atoms with van der Waals surface area (Å²) in [5.41, 5.74) is 16.5. The van der Waals surface area contributed by atoms with Crippen molar-refractivity contribution in [3.63, 3.8) is 0 Å². The van der Waals surface area contributed by atoms with Crippen LogP contribution in [0.25, 0.3) is 99.5 Å². The molecule has 56 heavy (non-hydrogen) atoms. The Morgan fingerprint density at radius 1 is 0.196 bits per heavy atom. The highest BCUT2D eigenvalue weighted by atomic mass is 15.0. The van der Waals surface area contributed by atoms with E-state index < -0.39 is 0 Å². The summed E-state index contributed by atoms with van der Waals surface area (Å²) in [4.78, 5) is 0. The molecule has 0 amide bonds. The van der Waals surface area contributed by atoms with E-state index in [0.717, 1.165) is 22.5 Å². The van der Waals surface area contributed by atoms with Gasteiger partial charge in [-0.15, -0.1) is 0 Å². The molecule has 262 valence electrons. The lowest BCUT2D eigenvalue weighted by Crippen LogP contribution is -2.00. The minimum Gasteiger partial charge on any atom is -0.309 e. The molecule has 11 aromatic rings. The molecule has 9 aromatic carbocycles. The van der Waals surface area contributed by atoms with Crippen molar-refractivity contribution >= 4 is 43.6 Å². The number of fused-ring (bicyclic) bond motifs is 6. The third kappa shape index (κ3) is 5.34. The van der Waals surface area contributed by atoms with Crippen LogP contribution in [0.2, 0.25) is 0 Å². The van der Waals surface area contributed by atoms with Gasteiger partial charge in [0.15, 0.2) is 0 Å². The molecule has 0 spiro atoms. The van der Waals surface area contributed by atoms with E-state index in [-0.39, 0.29) is 0 Å². The van der Waals surface area contributed by atoms with E-state index in [2.05, 4.69) is 228 Å². The number of aromatic nitrogens is 2. The van der Waals surface area contributed by atoms with Gasteiger partial charge in [-0.1, -0.05) is 158 Å². The first kappa shape index (κ1) is 32.0. The Labute approximate surface area is 325 Å². The standard InChI is InChI=1S/C54H36N2/c1-3-15-37(16-4-1)39-27-29-40(30-28-39)42-31-41(38-17-5-2-6-18-38)32-43(33-42)44-34-45(55-51-23-11-7-19-47(51)48-20-8-12-24-52(48)55)36-46(35-44)56-53-25-13-9-21-49(53)50-22-10-14-26-54(50)56/h1-36H. The van der Waals surface area contributed by atoms with Crippen molar-refractivity contribution in [1.29, 1.82) is 0 Å². The van der Waals surface area contributed by atoms with Gasteiger partial charge < -0.3 is 9.13 Å². The average Bonchev–Trinajstić information content (AvgIpc) is 3.80. The third-order valence-electron chi connectivity index (χ3n) is 11.3. The van der Waals surface area contributed by atoms with Gasteiger partial charge in [0.1, 0.15) is 0 Å². The summed E-state index contributed by atoms with van der Waals surface area (Å²) < 4.78 is 4.88. The number of nitrogens with zero attached hydrogens (tertiary/aromatic N) is 2. The predicted octanol–water partition coefficient (Wildman–Crippen LogP) is 14.5. The SMILES string of the molecule is c1ccc(-c2ccc(-c3cc(-c4ccccc4)cc(-c4cc(-n5c6ccccc6c6ccccc65)cc(-n5c6ccccc6c6ccccc65)c4)c3)cc2)cc1. The molecule has 0 bridgehead atoms. The highest BCUT2D eigenvalue weighted by Crippen LogP contribution is 2.40. The van der Waals surface area contributed by atoms with Crippen LogP contribution < -0.4 is 0 Å². The first-order chi connectivity index (χ1) is 27.8. The molecule has 0 N–H and O–H groups in total. The quantitative estimate of drug-likeness (QED) is 0.162. The molecule has 0 aliphatic heterocycles. The van der Waals surface area contributed by atoms with Crippen molar-refractivity contribution in [2.75, 3.05) is 0 Å². The molecule has 0 saturated heterocycles. The molecule has 2 nitrogen and oxygen atoms in total. The van der Waals surface area contributed by atoms with Gasteiger partial charge in [0.05, 0.1) is 22.1 Å². The van der Waals surface area contributed by atoms with Crippen LogP contribution >= 0.6 is 0 Å². The fourth-order valence-electron chi connectivity index (χ4n) is 8.67. The number of benzene rings is 9. The number of hydrogen-bond donors (Lipinski definition) is 0. The topological polar surface area (TPSA) is 9.86 Å². The van der Waals surface area contributed by atoms with Gasteiger partial charge in [-0.2, -0.15) is 0 Å².